The van der Waals surface area contributed by atoms with E-state index in [1.54, 1.807) is 0 Å². The maximum atomic E-state index is 9.66. The molecule has 0 amide bonds. The number of hydrogen-bond donors (Lipinski definition) is 3. The zero-order valence-electron chi connectivity index (χ0n) is 12.1. The van der Waals surface area contributed by atoms with E-state index in [1.807, 2.05) is 24.3 Å². The Morgan fingerprint density at radius 3 is 2.76 bits per heavy atom. The van der Waals surface area contributed by atoms with E-state index in [-0.39, 0.29) is 12.6 Å². The molecule has 0 saturated carbocycles. The summed E-state index contributed by atoms with van der Waals surface area (Å²) >= 11 is 0. The highest BCUT2D eigenvalue weighted by Crippen LogP contribution is 2.32. The zero-order valence-corrected chi connectivity index (χ0v) is 12.1. The van der Waals surface area contributed by atoms with E-state index in [0.29, 0.717) is 6.04 Å². The fourth-order valence-corrected chi connectivity index (χ4v) is 3.17. The lowest BCUT2D eigenvalue weighted by molar-refractivity contribution is 0.230. The van der Waals surface area contributed by atoms with Crippen LogP contribution in [0.15, 0.2) is 48.5 Å². The number of nitrogens with one attached hydrogen (secondary N) is 1. The Morgan fingerprint density at radius 1 is 1.19 bits per heavy atom. The number of aliphatic hydroxyl groups excluding tert-OH is 1. The Morgan fingerprint density at radius 2 is 2.00 bits per heavy atom. The molecule has 0 radical (unpaired) electrons. The summed E-state index contributed by atoms with van der Waals surface area (Å²) in [5.74, 6) is 0. The number of anilines is 1. The van der Waals surface area contributed by atoms with Gasteiger partial charge in [-0.1, -0.05) is 36.4 Å². The maximum absolute atomic E-state index is 9.66. The standard InChI is InChI=1S/C18H22N2O/c19-15-7-8-17-14(11-15)6-9-18(17)20-16(12-21)10-13-4-2-1-3-5-13/h1-5,7-8,11,16,18,20-21H,6,9-10,12,19H2. The van der Waals surface area contributed by atoms with Gasteiger partial charge in [0.2, 0.25) is 0 Å². The van der Waals surface area contributed by atoms with Crippen molar-refractivity contribution < 1.29 is 5.11 Å². The smallest absolute Gasteiger partial charge is 0.0588 e. The molecule has 2 aromatic carbocycles. The Bertz CT molecular complexity index is 597. The van der Waals surface area contributed by atoms with Crippen LogP contribution < -0.4 is 11.1 Å². The van der Waals surface area contributed by atoms with Crippen LogP contribution in [0.2, 0.25) is 0 Å². The lowest BCUT2D eigenvalue weighted by Gasteiger charge is -2.22. The first-order chi connectivity index (χ1) is 10.3. The Kier molecular flexibility index (Phi) is 4.23. The van der Waals surface area contributed by atoms with Gasteiger partial charge >= 0.3 is 0 Å². The number of benzene rings is 2. The molecule has 2 unspecified atom stereocenters. The predicted molar refractivity (Wildman–Crippen MR) is 86.1 cm³/mol. The van der Waals surface area contributed by atoms with Crippen molar-refractivity contribution in [3.05, 3.63) is 65.2 Å². The second-order valence-electron chi connectivity index (χ2n) is 5.79. The van der Waals surface area contributed by atoms with E-state index in [2.05, 4.69) is 29.6 Å². The van der Waals surface area contributed by atoms with Crippen LogP contribution in [0.1, 0.15) is 29.2 Å². The lowest BCUT2D eigenvalue weighted by Crippen LogP contribution is -2.36. The maximum Gasteiger partial charge on any atom is 0.0588 e. The first-order valence-corrected chi connectivity index (χ1v) is 7.55. The second-order valence-corrected chi connectivity index (χ2v) is 5.79. The van der Waals surface area contributed by atoms with E-state index in [0.717, 1.165) is 24.9 Å². The minimum Gasteiger partial charge on any atom is -0.399 e. The van der Waals surface area contributed by atoms with Gasteiger partial charge in [-0.15, -0.1) is 0 Å². The quantitative estimate of drug-likeness (QED) is 0.738. The summed E-state index contributed by atoms with van der Waals surface area (Å²) in [5.41, 5.74) is 10.6. The van der Waals surface area contributed by atoms with Gasteiger partial charge in [-0.25, -0.2) is 0 Å². The fraction of sp³-hybridized carbons (Fsp3) is 0.333. The van der Waals surface area contributed by atoms with Gasteiger partial charge in [-0.05, 0) is 48.1 Å². The molecule has 0 aromatic heterocycles. The average molecular weight is 282 g/mol. The molecule has 3 heteroatoms. The monoisotopic (exact) mass is 282 g/mol. The summed E-state index contributed by atoms with van der Waals surface area (Å²) in [4.78, 5) is 0. The van der Waals surface area contributed by atoms with Crippen LogP contribution in [0, 0.1) is 0 Å². The number of nitrogens with two attached hydrogens (primary N) is 1. The van der Waals surface area contributed by atoms with E-state index >= 15 is 0 Å². The number of hydrogen-bond acceptors (Lipinski definition) is 3. The SMILES string of the molecule is Nc1ccc2c(c1)CCC2NC(CO)Cc1ccccc1. The van der Waals surface area contributed by atoms with E-state index < -0.39 is 0 Å². The van der Waals surface area contributed by atoms with Crippen LogP contribution in [-0.4, -0.2) is 17.8 Å². The predicted octanol–water partition coefficient (Wildman–Crippen LogP) is 2.45. The van der Waals surface area contributed by atoms with Gasteiger partial charge in [0.1, 0.15) is 0 Å². The van der Waals surface area contributed by atoms with Crippen molar-refractivity contribution in [2.24, 2.45) is 0 Å². The first-order valence-electron chi connectivity index (χ1n) is 7.55. The van der Waals surface area contributed by atoms with Crippen LogP contribution >= 0.6 is 0 Å². The Labute approximate surface area is 125 Å². The van der Waals surface area contributed by atoms with Crippen molar-refractivity contribution in [3.63, 3.8) is 0 Å². The minimum atomic E-state index is 0.0842. The average Bonchev–Trinajstić information content (AvgIpc) is 2.89. The van der Waals surface area contributed by atoms with Crippen molar-refractivity contribution in [3.8, 4) is 0 Å². The molecule has 1 aliphatic rings. The molecule has 0 bridgehead atoms. The molecule has 4 N–H and O–H groups in total. The Hall–Kier alpha value is -1.84. The molecule has 1 aliphatic carbocycles. The van der Waals surface area contributed by atoms with Gasteiger partial charge in [-0.3, -0.25) is 0 Å². The van der Waals surface area contributed by atoms with Gasteiger partial charge in [0.25, 0.3) is 0 Å². The van der Waals surface area contributed by atoms with Crippen LogP contribution in [0.4, 0.5) is 5.69 Å². The van der Waals surface area contributed by atoms with Crippen molar-refractivity contribution in [2.75, 3.05) is 12.3 Å². The number of aliphatic hydroxyl groups is 1. The van der Waals surface area contributed by atoms with Crippen molar-refractivity contribution in [2.45, 2.75) is 31.3 Å². The van der Waals surface area contributed by atoms with E-state index in [1.165, 1.54) is 16.7 Å². The molecule has 0 spiro atoms. The largest absolute Gasteiger partial charge is 0.399 e. The minimum absolute atomic E-state index is 0.0842. The normalized spacial score (nSPS) is 18.4. The van der Waals surface area contributed by atoms with Crippen molar-refractivity contribution in [1.29, 1.82) is 0 Å². The molecule has 3 nitrogen and oxygen atoms in total. The van der Waals surface area contributed by atoms with Crippen LogP contribution in [0.5, 0.6) is 0 Å². The summed E-state index contributed by atoms with van der Waals surface area (Å²) in [6, 6.07) is 16.9. The Balaban J connectivity index is 1.69. The van der Waals surface area contributed by atoms with Crippen molar-refractivity contribution in [1.82, 2.24) is 5.32 Å². The first kappa shape index (κ1) is 14.1. The van der Waals surface area contributed by atoms with Gasteiger partial charge in [0, 0.05) is 17.8 Å². The highest BCUT2D eigenvalue weighted by Gasteiger charge is 2.24. The van der Waals surface area contributed by atoms with Gasteiger partial charge < -0.3 is 16.2 Å². The van der Waals surface area contributed by atoms with Crippen LogP contribution in [-0.2, 0) is 12.8 Å². The molecule has 0 heterocycles. The molecule has 110 valence electrons. The third-order valence-corrected chi connectivity index (χ3v) is 4.23. The lowest BCUT2D eigenvalue weighted by atomic mass is 10.0. The fourth-order valence-electron chi connectivity index (χ4n) is 3.17. The molecule has 21 heavy (non-hydrogen) atoms. The third kappa shape index (κ3) is 3.26. The summed E-state index contributed by atoms with van der Waals surface area (Å²) in [6.07, 6.45) is 2.98. The summed E-state index contributed by atoms with van der Waals surface area (Å²) in [7, 11) is 0. The van der Waals surface area contributed by atoms with E-state index in [4.69, 9.17) is 5.73 Å². The molecule has 3 rings (SSSR count). The number of aryl methyl sites for hydroxylation is 1. The number of nitrogen functional groups attached to an aromatic ring is 1. The summed E-state index contributed by atoms with van der Waals surface area (Å²) in [5, 5.41) is 13.3. The third-order valence-electron chi connectivity index (χ3n) is 4.23. The van der Waals surface area contributed by atoms with Crippen LogP contribution in [0.3, 0.4) is 0 Å². The highest BCUT2D eigenvalue weighted by molar-refractivity contribution is 5.47. The molecule has 2 atom stereocenters. The molecule has 0 saturated heterocycles. The molecular formula is C18H22N2O. The molecular weight excluding hydrogens is 260 g/mol. The van der Waals surface area contributed by atoms with E-state index in [9.17, 15) is 5.11 Å². The van der Waals surface area contributed by atoms with Crippen LogP contribution in [0.25, 0.3) is 0 Å². The summed E-state index contributed by atoms with van der Waals surface area (Å²) < 4.78 is 0. The van der Waals surface area contributed by atoms with Crippen molar-refractivity contribution >= 4 is 5.69 Å². The second kappa shape index (κ2) is 6.29. The highest BCUT2D eigenvalue weighted by atomic mass is 16.3. The molecule has 0 fully saturated rings. The topological polar surface area (TPSA) is 58.3 Å². The molecule has 0 aliphatic heterocycles. The zero-order chi connectivity index (χ0) is 14.7. The van der Waals surface area contributed by atoms with Gasteiger partial charge in [0.15, 0.2) is 0 Å². The molecule has 2 aromatic rings. The summed E-state index contributed by atoms with van der Waals surface area (Å²) in [6.45, 7) is 0.149. The number of rotatable bonds is 5. The van der Waals surface area contributed by atoms with Gasteiger partial charge in [0.05, 0.1) is 6.61 Å². The van der Waals surface area contributed by atoms with Gasteiger partial charge in [-0.2, -0.15) is 0 Å². The number of fused-ring (bicyclic) bond motifs is 1.